The zero-order valence-electron chi connectivity index (χ0n) is 9.66. The summed E-state index contributed by atoms with van der Waals surface area (Å²) >= 11 is 3.32. The Bertz CT molecular complexity index is 423. The van der Waals surface area contributed by atoms with Crippen LogP contribution in [0.4, 0.5) is 5.69 Å². The standard InChI is InChI=1S/C11H15BrN2O3/c1-6(15)14-11-9(17-2)4-3-7(12)10(11)8(16)5-13/h3-4,8,16H,5,13H2,1-2H3,(H,14,15). The number of methoxy groups -OCH3 is 1. The van der Waals surface area contributed by atoms with Crippen molar-refractivity contribution in [1.29, 1.82) is 0 Å². The Balaban J connectivity index is 3.36. The minimum atomic E-state index is -0.874. The van der Waals surface area contributed by atoms with Crippen LogP contribution in [0.1, 0.15) is 18.6 Å². The summed E-state index contributed by atoms with van der Waals surface area (Å²) in [5.74, 6) is 0.234. The summed E-state index contributed by atoms with van der Waals surface area (Å²) in [6.07, 6.45) is -0.874. The van der Waals surface area contributed by atoms with Crippen molar-refractivity contribution in [2.75, 3.05) is 19.0 Å². The number of benzene rings is 1. The minimum absolute atomic E-state index is 0.0539. The first-order valence-electron chi connectivity index (χ1n) is 5.03. The Morgan fingerprint density at radius 1 is 1.65 bits per heavy atom. The van der Waals surface area contributed by atoms with Gasteiger partial charge in [-0.05, 0) is 12.1 Å². The number of carbonyl (C=O) groups is 1. The van der Waals surface area contributed by atoms with Gasteiger partial charge >= 0.3 is 0 Å². The maximum absolute atomic E-state index is 11.2. The SMILES string of the molecule is COc1ccc(Br)c(C(O)CN)c1NC(C)=O. The number of aliphatic hydroxyl groups excluding tert-OH is 1. The summed E-state index contributed by atoms with van der Waals surface area (Å²) < 4.78 is 5.82. The number of amides is 1. The molecule has 4 N–H and O–H groups in total. The Hall–Kier alpha value is -1.11. The first-order chi connectivity index (χ1) is 8.01. The lowest BCUT2D eigenvalue weighted by Gasteiger charge is -2.19. The molecule has 0 aliphatic rings. The number of ether oxygens (including phenoxy) is 1. The topological polar surface area (TPSA) is 84.6 Å². The molecule has 1 rings (SSSR count). The highest BCUT2D eigenvalue weighted by Gasteiger charge is 2.19. The van der Waals surface area contributed by atoms with Crippen LogP contribution in [0.15, 0.2) is 16.6 Å². The molecule has 6 heteroatoms. The van der Waals surface area contributed by atoms with Gasteiger partial charge in [-0.2, -0.15) is 0 Å². The number of halogens is 1. The third kappa shape index (κ3) is 3.18. The predicted octanol–water partition coefficient (Wildman–Crippen LogP) is 1.41. The largest absolute Gasteiger partial charge is 0.495 e. The lowest BCUT2D eigenvalue weighted by Crippen LogP contribution is -2.17. The summed E-state index contributed by atoms with van der Waals surface area (Å²) in [6, 6.07) is 3.43. The molecule has 0 aliphatic carbocycles. The molecule has 0 saturated heterocycles. The van der Waals surface area contributed by atoms with E-state index in [9.17, 15) is 9.90 Å². The Kier molecular flexibility index (Phi) is 4.92. The van der Waals surface area contributed by atoms with E-state index in [1.54, 1.807) is 12.1 Å². The predicted molar refractivity (Wildman–Crippen MR) is 69.0 cm³/mol. The first-order valence-corrected chi connectivity index (χ1v) is 5.82. The second kappa shape index (κ2) is 6.00. The molecule has 17 heavy (non-hydrogen) atoms. The van der Waals surface area contributed by atoms with Crippen molar-refractivity contribution in [2.24, 2.45) is 5.73 Å². The molecule has 0 aromatic heterocycles. The molecule has 0 heterocycles. The average Bonchev–Trinajstić information content (AvgIpc) is 2.28. The molecule has 0 fully saturated rings. The highest BCUT2D eigenvalue weighted by atomic mass is 79.9. The van der Waals surface area contributed by atoms with Gasteiger partial charge in [-0.3, -0.25) is 4.79 Å². The van der Waals surface area contributed by atoms with Gasteiger partial charge in [-0.25, -0.2) is 0 Å². The summed E-state index contributed by atoms with van der Waals surface area (Å²) in [5.41, 5.74) is 6.39. The van der Waals surface area contributed by atoms with E-state index in [1.807, 2.05) is 0 Å². The second-order valence-corrected chi connectivity index (χ2v) is 4.33. The number of aliphatic hydroxyl groups is 1. The van der Waals surface area contributed by atoms with Gasteiger partial charge in [0.05, 0.1) is 18.9 Å². The fourth-order valence-electron chi connectivity index (χ4n) is 1.49. The van der Waals surface area contributed by atoms with Crippen molar-refractivity contribution in [3.8, 4) is 5.75 Å². The lowest BCUT2D eigenvalue weighted by molar-refractivity contribution is -0.114. The number of rotatable bonds is 4. The zero-order chi connectivity index (χ0) is 13.0. The third-order valence-electron chi connectivity index (χ3n) is 2.23. The quantitative estimate of drug-likeness (QED) is 0.785. The normalized spacial score (nSPS) is 12.1. The van der Waals surface area contributed by atoms with Crippen LogP contribution in [0, 0.1) is 0 Å². The Labute approximate surface area is 108 Å². The molecular formula is C11H15BrN2O3. The number of nitrogens with two attached hydrogens (primary N) is 1. The van der Waals surface area contributed by atoms with Crippen LogP contribution >= 0.6 is 15.9 Å². The van der Waals surface area contributed by atoms with Crippen LogP contribution in [0.25, 0.3) is 0 Å². The summed E-state index contributed by atoms with van der Waals surface area (Å²) in [7, 11) is 1.49. The van der Waals surface area contributed by atoms with E-state index >= 15 is 0 Å². The van der Waals surface area contributed by atoms with E-state index in [0.717, 1.165) is 0 Å². The van der Waals surface area contributed by atoms with E-state index in [4.69, 9.17) is 10.5 Å². The van der Waals surface area contributed by atoms with Crippen molar-refractivity contribution < 1.29 is 14.6 Å². The van der Waals surface area contributed by atoms with E-state index in [2.05, 4.69) is 21.2 Å². The van der Waals surface area contributed by atoms with Crippen LogP contribution in [-0.4, -0.2) is 24.7 Å². The number of anilines is 1. The number of hydrogen-bond donors (Lipinski definition) is 3. The van der Waals surface area contributed by atoms with Gasteiger partial charge in [0.25, 0.3) is 0 Å². The second-order valence-electron chi connectivity index (χ2n) is 3.47. The van der Waals surface area contributed by atoms with Gasteiger partial charge in [0.1, 0.15) is 5.75 Å². The number of carbonyl (C=O) groups excluding carboxylic acids is 1. The Morgan fingerprint density at radius 3 is 2.76 bits per heavy atom. The molecule has 0 radical (unpaired) electrons. The van der Waals surface area contributed by atoms with Crippen LogP contribution in [0.2, 0.25) is 0 Å². The van der Waals surface area contributed by atoms with Gasteiger partial charge in [0, 0.05) is 23.5 Å². The average molecular weight is 303 g/mol. The van der Waals surface area contributed by atoms with Crippen LogP contribution < -0.4 is 15.8 Å². The van der Waals surface area contributed by atoms with Crippen LogP contribution in [0.5, 0.6) is 5.75 Å². The molecule has 1 unspecified atom stereocenters. The molecule has 0 bridgehead atoms. The molecule has 1 atom stereocenters. The number of nitrogens with one attached hydrogen (secondary N) is 1. The first kappa shape index (κ1) is 14.0. The van der Waals surface area contributed by atoms with Gasteiger partial charge in [0.15, 0.2) is 0 Å². The summed E-state index contributed by atoms with van der Waals surface area (Å²) in [4.78, 5) is 11.2. The molecular weight excluding hydrogens is 288 g/mol. The van der Waals surface area contributed by atoms with Crippen molar-refractivity contribution in [3.05, 3.63) is 22.2 Å². The van der Waals surface area contributed by atoms with Gasteiger partial charge in [0.2, 0.25) is 5.91 Å². The van der Waals surface area contributed by atoms with E-state index in [-0.39, 0.29) is 12.5 Å². The van der Waals surface area contributed by atoms with E-state index < -0.39 is 6.10 Å². The molecule has 0 saturated carbocycles. The third-order valence-corrected chi connectivity index (χ3v) is 2.92. The number of hydrogen-bond acceptors (Lipinski definition) is 4. The van der Waals surface area contributed by atoms with Gasteiger partial charge in [-0.15, -0.1) is 0 Å². The maximum Gasteiger partial charge on any atom is 0.221 e. The molecule has 5 nitrogen and oxygen atoms in total. The highest BCUT2D eigenvalue weighted by Crippen LogP contribution is 2.37. The fourth-order valence-corrected chi connectivity index (χ4v) is 2.09. The lowest BCUT2D eigenvalue weighted by atomic mass is 10.1. The van der Waals surface area contributed by atoms with Crippen molar-refractivity contribution in [2.45, 2.75) is 13.0 Å². The van der Waals surface area contributed by atoms with Crippen molar-refractivity contribution in [3.63, 3.8) is 0 Å². The highest BCUT2D eigenvalue weighted by molar-refractivity contribution is 9.10. The van der Waals surface area contributed by atoms with E-state index in [1.165, 1.54) is 14.0 Å². The van der Waals surface area contributed by atoms with Gasteiger partial charge < -0.3 is 20.9 Å². The fraction of sp³-hybridized carbons (Fsp3) is 0.364. The molecule has 0 aliphatic heterocycles. The molecule has 94 valence electrons. The van der Waals surface area contributed by atoms with Crippen LogP contribution in [0.3, 0.4) is 0 Å². The van der Waals surface area contributed by atoms with Crippen molar-refractivity contribution >= 4 is 27.5 Å². The van der Waals surface area contributed by atoms with E-state index in [0.29, 0.717) is 21.5 Å². The molecule has 1 aromatic rings. The van der Waals surface area contributed by atoms with Crippen molar-refractivity contribution in [1.82, 2.24) is 0 Å². The van der Waals surface area contributed by atoms with Gasteiger partial charge in [-0.1, -0.05) is 15.9 Å². The maximum atomic E-state index is 11.2. The monoisotopic (exact) mass is 302 g/mol. The smallest absolute Gasteiger partial charge is 0.221 e. The molecule has 1 amide bonds. The summed E-state index contributed by atoms with van der Waals surface area (Å²) in [5, 5.41) is 12.5. The molecule has 0 spiro atoms. The molecule has 1 aromatic carbocycles. The summed E-state index contributed by atoms with van der Waals surface area (Å²) in [6.45, 7) is 1.44. The zero-order valence-corrected chi connectivity index (χ0v) is 11.2. The minimum Gasteiger partial charge on any atom is -0.495 e. The van der Waals surface area contributed by atoms with Crippen LogP contribution in [-0.2, 0) is 4.79 Å². The Morgan fingerprint density at radius 2 is 2.29 bits per heavy atom.